The number of nitrogens with one attached hydrogen (secondary N) is 1. The second-order valence-electron chi connectivity index (χ2n) is 5.98. The number of carbonyl (C=O) groups is 1. The van der Waals surface area contributed by atoms with E-state index in [9.17, 15) is 4.79 Å². The molecule has 0 aliphatic rings. The summed E-state index contributed by atoms with van der Waals surface area (Å²) in [6.45, 7) is 3.92. The van der Waals surface area contributed by atoms with Crippen molar-refractivity contribution in [2.45, 2.75) is 0 Å². The van der Waals surface area contributed by atoms with Crippen molar-refractivity contribution in [3.05, 3.63) is 72.6 Å². The van der Waals surface area contributed by atoms with Gasteiger partial charge < -0.3 is 11.1 Å². The van der Waals surface area contributed by atoms with Gasteiger partial charge in [-0.1, -0.05) is 18.2 Å². The Bertz CT molecular complexity index is 1210. The minimum absolute atomic E-state index is 0.164. The number of carbonyl (C=O) groups excluding carboxylic acids is 1. The van der Waals surface area contributed by atoms with Crippen LogP contribution in [0.15, 0.2) is 66.5 Å². The zero-order valence-corrected chi connectivity index (χ0v) is 14.9. The number of pyridine rings is 1. The third kappa shape index (κ3) is 3.07. The van der Waals surface area contributed by atoms with Crippen LogP contribution in [0.25, 0.3) is 22.2 Å². The fourth-order valence-corrected chi connectivity index (χ4v) is 2.82. The number of nitrogen functional groups attached to an aromatic ring is 1. The number of nitrogens with zero attached hydrogens (tertiary/aromatic N) is 5. The van der Waals surface area contributed by atoms with E-state index in [2.05, 4.69) is 31.9 Å². The summed E-state index contributed by atoms with van der Waals surface area (Å²) in [7, 11) is 0. The van der Waals surface area contributed by atoms with Crippen LogP contribution >= 0.6 is 0 Å². The SMILES string of the molecule is C=CCNC(=O)c1c(N)n(N=Cc2ccncc2)c2nc3ccccc3nc12. The number of para-hydroxylation sites is 2. The highest BCUT2D eigenvalue weighted by molar-refractivity contribution is 6.10. The van der Waals surface area contributed by atoms with Gasteiger partial charge in [-0.25, -0.2) is 9.97 Å². The number of nitrogens with two attached hydrogens (primary N) is 1. The molecule has 4 rings (SSSR count). The monoisotopic (exact) mass is 371 g/mol. The van der Waals surface area contributed by atoms with E-state index in [0.717, 1.165) is 5.56 Å². The van der Waals surface area contributed by atoms with Gasteiger partial charge in [-0.2, -0.15) is 9.78 Å². The Labute approximate surface area is 160 Å². The van der Waals surface area contributed by atoms with E-state index in [0.29, 0.717) is 28.7 Å². The van der Waals surface area contributed by atoms with Crippen LogP contribution in [0.4, 0.5) is 5.82 Å². The highest BCUT2D eigenvalue weighted by Crippen LogP contribution is 2.27. The summed E-state index contributed by atoms with van der Waals surface area (Å²) in [6.07, 6.45) is 6.55. The Morgan fingerprint density at radius 3 is 2.61 bits per heavy atom. The van der Waals surface area contributed by atoms with Crippen LogP contribution in [-0.4, -0.2) is 38.3 Å². The average Bonchev–Trinajstić information content (AvgIpc) is 3.00. The smallest absolute Gasteiger partial charge is 0.257 e. The Morgan fingerprint density at radius 2 is 1.89 bits per heavy atom. The molecule has 4 aromatic rings. The Kier molecular flexibility index (Phi) is 4.51. The van der Waals surface area contributed by atoms with Gasteiger partial charge in [0.2, 0.25) is 0 Å². The molecule has 0 saturated carbocycles. The lowest BCUT2D eigenvalue weighted by molar-refractivity contribution is 0.0960. The molecule has 0 spiro atoms. The summed E-state index contributed by atoms with van der Waals surface area (Å²) < 4.78 is 1.43. The van der Waals surface area contributed by atoms with Gasteiger partial charge >= 0.3 is 0 Å². The van der Waals surface area contributed by atoms with Crippen LogP contribution in [0.2, 0.25) is 0 Å². The molecule has 8 nitrogen and oxygen atoms in total. The summed E-state index contributed by atoms with van der Waals surface area (Å²) in [6, 6.07) is 11.0. The molecule has 0 saturated heterocycles. The molecule has 3 heterocycles. The predicted octanol–water partition coefficient (Wildman–Crippen LogP) is 2.36. The summed E-state index contributed by atoms with van der Waals surface area (Å²) in [5, 5.41) is 7.17. The zero-order chi connectivity index (χ0) is 19.5. The summed E-state index contributed by atoms with van der Waals surface area (Å²) in [5.74, 6) is -0.193. The number of hydrogen-bond donors (Lipinski definition) is 2. The lowest BCUT2D eigenvalue weighted by Gasteiger charge is -2.02. The van der Waals surface area contributed by atoms with Gasteiger partial charge in [0.15, 0.2) is 5.65 Å². The molecule has 0 atom stereocenters. The summed E-state index contributed by atoms with van der Waals surface area (Å²) in [4.78, 5) is 25.9. The highest BCUT2D eigenvalue weighted by Gasteiger charge is 2.23. The van der Waals surface area contributed by atoms with Crippen LogP contribution in [0.3, 0.4) is 0 Å². The topological polar surface area (TPSA) is 111 Å². The van der Waals surface area contributed by atoms with Crippen LogP contribution in [0.1, 0.15) is 15.9 Å². The summed E-state index contributed by atoms with van der Waals surface area (Å²) >= 11 is 0. The van der Waals surface area contributed by atoms with Crippen molar-refractivity contribution in [1.29, 1.82) is 0 Å². The summed E-state index contributed by atoms with van der Waals surface area (Å²) in [5.41, 5.74) is 9.52. The van der Waals surface area contributed by atoms with Gasteiger partial charge in [-0.15, -0.1) is 6.58 Å². The second-order valence-corrected chi connectivity index (χ2v) is 5.98. The zero-order valence-electron chi connectivity index (χ0n) is 14.9. The van der Waals surface area contributed by atoms with Crippen molar-refractivity contribution >= 4 is 40.1 Å². The van der Waals surface area contributed by atoms with E-state index >= 15 is 0 Å². The quantitative estimate of drug-likeness (QED) is 0.413. The molecule has 1 aromatic carbocycles. The van der Waals surface area contributed by atoms with Crippen molar-refractivity contribution in [2.75, 3.05) is 12.3 Å². The van der Waals surface area contributed by atoms with Crippen LogP contribution in [-0.2, 0) is 0 Å². The molecule has 0 aliphatic heterocycles. The number of anilines is 1. The average molecular weight is 371 g/mol. The fraction of sp³-hybridized carbons (Fsp3) is 0.0500. The third-order valence-electron chi connectivity index (χ3n) is 4.14. The number of hydrogen-bond acceptors (Lipinski definition) is 6. The van der Waals surface area contributed by atoms with E-state index in [4.69, 9.17) is 5.73 Å². The van der Waals surface area contributed by atoms with Crippen molar-refractivity contribution in [2.24, 2.45) is 5.10 Å². The van der Waals surface area contributed by atoms with Gasteiger partial charge in [0.05, 0.1) is 17.2 Å². The fourth-order valence-electron chi connectivity index (χ4n) is 2.82. The molecular formula is C20H17N7O. The van der Waals surface area contributed by atoms with Gasteiger partial charge in [-0.3, -0.25) is 9.78 Å². The number of benzene rings is 1. The first kappa shape index (κ1) is 17.3. The maximum atomic E-state index is 12.7. The molecule has 0 bridgehead atoms. The molecule has 0 radical (unpaired) electrons. The number of aromatic nitrogens is 4. The van der Waals surface area contributed by atoms with E-state index in [1.54, 1.807) is 24.7 Å². The largest absolute Gasteiger partial charge is 0.383 e. The maximum Gasteiger partial charge on any atom is 0.257 e. The van der Waals surface area contributed by atoms with E-state index < -0.39 is 0 Å². The first-order valence-corrected chi connectivity index (χ1v) is 8.59. The molecular weight excluding hydrogens is 354 g/mol. The Hall–Kier alpha value is -4.07. The standard InChI is InChI=1S/C20H17N7O/c1-2-9-23-20(28)16-17-19(26-15-6-4-3-5-14(15)25-17)27(18(16)21)24-12-13-7-10-22-11-8-13/h2-8,10-12H,1,9,21H2,(H,23,28). The Balaban J connectivity index is 1.93. The van der Waals surface area contributed by atoms with Crippen LogP contribution in [0.5, 0.6) is 0 Å². The highest BCUT2D eigenvalue weighted by atomic mass is 16.1. The van der Waals surface area contributed by atoms with Gasteiger partial charge in [0.25, 0.3) is 5.91 Å². The van der Waals surface area contributed by atoms with Gasteiger partial charge in [0, 0.05) is 18.9 Å². The molecule has 1 amide bonds. The molecule has 3 N–H and O–H groups in total. The van der Waals surface area contributed by atoms with Crippen molar-refractivity contribution < 1.29 is 4.79 Å². The minimum atomic E-state index is -0.357. The number of amides is 1. The first-order chi connectivity index (χ1) is 13.7. The normalized spacial score (nSPS) is 11.3. The van der Waals surface area contributed by atoms with E-state index in [1.165, 1.54) is 4.68 Å². The maximum absolute atomic E-state index is 12.7. The van der Waals surface area contributed by atoms with Gasteiger partial charge in [-0.05, 0) is 29.8 Å². The van der Waals surface area contributed by atoms with Crippen molar-refractivity contribution in [3.63, 3.8) is 0 Å². The van der Waals surface area contributed by atoms with E-state index in [-0.39, 0.29) is 17.3 Å². The lowest BCUT2D eigenvalue weighted by atomic mass is 10.2. The predicted molar refractivity (Wildman–Crippen MR) is 109 cm³/mol. The van der Waals surface area contributed by atoms with Crippen molar-refractivity contribution in [1.82, 2.24) is 24.9 Å². The molecule has 3 aromatic heterocycles. The third-order valence-corrected chi connectivity index (χ3v) is 4.14. The molecule has 0 fully saturated rings. The molecule has 0 unspecified atom stereocenters. The number of rotatable bonds is 5. The Morgan fingerprint density at radius 1 is 1.18 bits per heavy atom. The molecule has 138 valence electrons. The van der Waals surface area contributed by atoms with Gasteiger partial charge in [0.1, 0.15) is 16.9 Å². The van der Waals surface area contributed by atoms with Crippen LogP contribution < -0.4 is 11.1 Å². The first-order valence-electron chi connectivity index (χ1n) is 8.59. The van der Waals surface area contributed by atoms with Crippen molar-refractivity contribution in [3.8, 4) is 0 Å². The number of fused-ring (bicyclic) bond motifs is 2. The molecule has 8 heteroatoms. The molecule has 28 heavy (non-hydrogen) atoms. The minimum Gasteiger partial charge on any atom is -0.383 e. The van der Waals surface area contributed by atoms with E-state index in [1.807, 2.05) is 36.4 Å². The molecule has 0 aliphatic carbocycles. The van der Waals surface area contributed by atoms with Crippen LogP contribution in [0, 0.1) is 0 Å². The lowest BCUT2D eigenvalue weighted by Crippen LogP contribution is -2.24. The second kappa shape index (κ2) is 7.28.